The van der Waals surface area contributed by atoms with E-state index < -0.39 is 0 Å². The first-order chi connectivity index (χ1) is 6.92. The number of anilines is 1. The summed E-state index contributed by atoms with van der Waals surface area (Å²) < 4.78 is 0. The monoisotopic (exact) mass is 207 g/mol. The summed E-state index contributed by atoms with van der Waals surface area (Å²) in [7, 11) is 0. The van der Waals surface area contributed by atoms with Gasteiger partial charge >= 0.3 is 0 Å². The average molecular weight is 207 g/mol. The minimum atomic E-state index is 0.716. The summed E-state index contributed by atoms with van der Waals surface area (Å²) in [6, 6.07) is 9.92. The molecule has 14 heavy (non-hydrogen) atoms. The van der Waals surface area contributed by atoms with Crippen molar-refractivity contribution in [1.82, 2.24) is 4.98 Å². The van der Waals surface area contributed by atoms with Crippen LogP contribution in [0.5, 0.6) is 0 Å². The van der Waals surface area contributed by atoms with E-state index in [-0.39, 0.29) is 0 Å². The zero-order chi connectivity index (χ0) is 10.4. The van der Waals surface area contributed by atoms with Gasteiger partial charge in [0, 0.05) is 11.6 Å². The standard InChI is InChI=1S/C9H9N3.CH4S/c10-12-9-8-4-2-1-3-7(8)5-6-11-9;1-2/h1-6H,10H2,(H,11,12);2H,1H3. The Morgan fingerprint density at radius 2 is 1.93 bits per heavy atom. The van der Waals surface area contributed by atoms with E-state index in [4.69, 9.17) is 5.84 Å². The highest BCUT2D eigenvalue weighted by Crippen LogP contribution is 2.18. The largest absolute Gasteiger partial charge is 0.308 e. The molecule has 0 bridgehead atoms. The van der Waals surface area contributed by atoms with E-state index in [1.54, 1.807) is 12.5 Å². The van der Waals surface area contributed by atoms with Gasteiger partial charge in [-0.2, -0.15) is 12.6 Å². The van der Waals surface area contributed by atoms with Crippen molar-refractivity contribution >= 4 is 29.2 Å². The van der Waals surface area contributed by atoms with Crippen LogP contribution in [0.15, 0.2) is 36.5 Å². The smallest absolute Gasteiger partial charge is 0.147 e. The Morgan fingerprint density at radius 1 is 1.21 bits per heavy atom. The quantitative estimate of drug-likeness (QED) is 0.381. The maximum absolute atomic E-state index is 5.30. The summed E-state index contributed by atoms with van der Waals surface area (Å²) in [5.74, 6) is 6.02. The summed E-state index contributed by atoms with van der Waals surface area (Å²) in [4.78, 5) is 4.09. The number of nitrogens with one attached hydrogen (secondary N) is 1. The lowest BCUT2D eigenvalue weighted by atomic mass is 10.2. The maximum atomic E-state index is 5.30. The van der Waals surface area contributed by atoms with E-state index in [0.29, 0.717) is 5.82 Å². The summed E-state index contributed by atoms with van der Waals surface area (Å²) in [5.41, 5.74) is 2.56. The van der Waals surface area contributed by atoms with Crippen LogP contribution in [0, 0.1) is 0 Å². The highest BCUT2D eigenvalue weighted by Gasteiger charge is 1.97. The molecule has 0 aliphatic carbocycles. The predicted octanol–water partition coefficient (Wildman–Crippen LogP) is 2.07. The fourth-order valence-electron chi connectivity index (χ4n) is 1.23. The number of rotatable bonds is 1. The van der Waals surface area contributed by atoms with Crippen LogP contribution in [0.25, 0.3) is 10.8 Å². The first-order valence-corrected chi connectivity index (χ1v) is 5.06. The summed E-state index contributed by atoms with van der Waals surface area (Å²) in [5, 5.41) is 2.18. The van der Waals surface area contributed by atoms with E-state index in [2.05, 4.69) is 23.0 Å². The second-order valence-corrected chi connectivity index (χ2v) is 2.53. The van der Waals surface area contributed by atoms with Gasteiger partial charge in [-0.3, -0.25) is 0 Å². The lowest BCUT2D eigenvalue weighted by Gasteiger charge is -2.02. The molecule has 3 nitrogen and oxygen atoms in total. The van der Waals surface area contributed by atoms with Gasteiger partial charge in [0.1, 0.15) is 5.82 Å². The van der Waals surface area contributed by atoms with Gasteiger partial charge in [0.25, 0.3) is 0 Å². The molecule has 0 saturated heterocycles. The molecule has 1 aromatic carbocycles. The van der Waals surface area contributed by atoms with E-state index in [0.717, 1.165) is 10.8 Å². The molecule has 2 rings (SSSR count). The molecule has 2 aromatic rings. The number of nitrogens with zero attached hydrogens (tertiary/aromatic N) is 1. The molecule has 1 aromatic heterocycles. The maximum Gasteiger partial charge on any atom is 0.147 e. The number of hydrogen-bond donors (Lipinski definition) is 3. The Kier molecular flexibility index (Phi) is 4.22. The Morgan fingerprint density at radius 3 is 2.64 bits per heavy atom. The van der Waals surface area contributed by atoms with Crippen LogP contribution < -0.4 is 11.3 Å². The van der Waals surface area contributed by atoms with Gasteiger partial charge in [-0.25, -0.2) is 10.8 Å². The molecule has 0 atom stereocenters. The van der Waals surface area contributed by atoms with Gasteiger partial charge in [0.15, 0.2) is 0 Å². The zero-order valence-corrected chi connectivity index (χ0v) is 8.83. The fourth-order valence-corrected chi connectivity index (χ4v) is 1.23. The van der Waals surface area contributed by atoms with E-state index in [1.165, 1.54) is 0 Å². The molecule has 0 radical (unpaired) electrons. The molecule has 3 N–H and O–H groups in total. The highest BCUT2D eigenvalue weighted by atomic mass is 32.1. The number of aromatic nitrogens is 1. The average Bonchev–Trinajstić information content (AvgIpc) is 2.31. The van der Waals surface area contributed by atoms with Crippen molar-refractivity contribution in [2.45, 2.75) is 0 Å². The lowest BCUT2D eigenvalue weighted by molar-refractivity contribution is 1.25. The number of hydrogen-bond acceptors (Lipinski definition) is 4. The number of nitrogen functional groups attached to an aromatic ring is 1. The molecule has 0 aliphatic heterocycles. The van der Waals surface area contributed by atoms with Gasteiger partial charge in [-0.05, 0) is 17.7 Å². The van der Waals surface area contributed by atoms with Gasteiger partial charge in [0.2, 0.25) is 0 Å². The SMILES string of the molecule is CS.NNc1nccc2ccccc12. The van der Waals surface area contributed by atoms with E-state index in [1.807, 2.05) is 30.3 Å². The van der Waals surface area contributed by atoms with Crippen molar-refractivity contribution in [1.29, 1.82) is 0 Å². The molecule has 0 unspecified atom stereocenters. The third kappa shape index (κ3) is 2.16. The Hall–Kier alpha value is -1.26. The Labute approximate surface area is 88.7 Å². The van der Waals surface area contributed by atoms with Crippen LogP contribution in [-0.4, -0.2) is 11.2 Å². The van der Waals surface area contributed by atoms with Crippen molar-refractivity contribution in [2.24, 2.45) is 5.84 Å². The molecule has 0 saturated carbocycles. The molecule has 0 amide bonds. The third-order valence-corrected chi connectivity index (χ3v) is 1.81. The number of hydrazine groups is 1. The van der Waals surface area contributed by atoms with E-state index in [9.17, 15) is 0 Å². The highest BCUT2D eigenvalue weighted by molar-refractivity contribution is 7.79. The number of thiol groups is 1. The molecular formula is C10H13N3S. The van der Waals surface area contributed by atoms with Crippen molar-refractivity contribution in [3.8, 4) is 0 Å². The lowest BCUT2D eigenvalue weighted by Crippen LogP contribution is -2.08. The van der Waals surface area contributed by atoms with Gasteiger partial charge < -0.3 is 5.43 Å². The molecule has 4 heteroatoms. The van der Waals surface area contributed by atoms with Crippen molar-refractivity contribution in [3.63, 3.8) is 0 Å². The molecule has 0 aliphatic rings. The number of nitrogens with two attached hydrogens (primary N) is 1. The second kappa shape index (κ2) is 5.47. The Bertz CT molecular complexity index is 398. The fraction of sp³-hybridized carbons (Fsp3) is 0.100. The zero-order valence-electron chi connectivity index (χ0n) is 7.94. The van der Waals surface area contributed by atoms with Crippen molar-refractivity contribution < 1.29 is 0 Å². The van der Waals surface area contributed by atoms with Crippen LogP contribution in [0.4, 0.5) is 5.82 Å². The minimum absolute atomic E-state index is 0.716. The van der Waals surface area contributed by atoms with Gasteiger partial charge in [-0.1, -0.05) is 24.3 Å². The summed E-state index contributed by atoms with van der Waals surface area (Å²) in [6.45, 7) is 0. The van der Waals surface area contributed by atoms with Crippen molar-refractivity contribution in [2.75, 3.05) is 11.7 Å². The Balaban J connectivity index is 0.000000461. The van der Waals surface area contributed by atoms with Gasteiger partial charge in [-0.15, -0.1) is 0 Å². The first kappa shape index (κ1) is 10.8. The topological polar surface area (TPSA) is 50.9 Å². The number of benzene rings is 1. The minimum Gasteiger partial charge on any atom is -0.308 e. The molecule has 1 heterocycles. The van der Waals surface area contributed by atoms with Crippen LogP contribution in [-0.2, 0) is 0 Å². The second-order valence-electron chi connectivity index (χ2n) is 2.53. The van der Waals surface area contributed by atoms with Crippen LogP contribution in [0.3, 0.4) is 0 Å². The van der Waals surface area contributed by atoms with Crippen LogP contribution in [0.2, 0.25) is 0 Å². The van der Waals surface area contributed by atoms with Crippen LogP contribution in [0.1, 0.15) is 0 Å². The first-order valence-electron chi connectivity index (χ1n) is 4.17. The molecule has 74 valence electrons. The molecular weight excluding hydrogens is 194 g/mol. The summed E-state index contributed by atoms with van der Waals surface area (Å²) >= 11 is 3.53. The van der Waals surface area contributed by atoms with Crippen molar-refractivity contribution in [3.05, 3.63) is 36.5 Å². The third-order valence-electron chi connectivity index (χ3n) is 1.81. The van der Waals surface area contributed by atoms with E-state index >= 15 is 0 Å². The molecule has 0 fully saturated rings. The predicted molar refractivity (Wildman–Crippen MR) is 64.5 cm³/mol. The molecule has 0 spiro atoms. The van der Waals surface area contributed by atoms with Crippen LogP contribution >= 0.6 is 12.6 Å². The summed E-state index contributed by atoms with van der Waals surface area (Å²) in [6.07, 6.45) is 3.43. The van der Waals surface area contributed by atoms with Gasteiger partial charge in [0.05, 0.1) is 0 Å². The number of pyridine rings is 1. The normalized spacial score (nSPS) is 9.07. The number of fused-ring (bicyclic) bond motifs is 1.